The van der Waals surface area contributed by atoms with Crippen molar-refractivity contribution in [2.45, 2.75) is 25.4 Å². The SMILES string of the molecule is C[C@@H](N)C(=O)N[C@H](Cc1ccc(O)cc1)C(=O)NCC(=O)O. The minimum Gasteiger partial charge on any atom is -0.508 e. The van der Waals surface area contributed by atoms with Crippen molar-refractivity contribution in [3.63, 3.8) is 0 Å². The van der Waals surface area contributed by atoms with Gasteiger partial charge in [0.25, 0.3) is 0 Å². The summed E-state index contributed by atoms with van der Waals surface area (Å²) in [5, 5.41) is 22.5. The van der Waals surface area contributed by atoms with Crippen LogP contribution in [-0.2, 0) is 20.8 Å². The van der Waals surface area contributed by atoms with E-state index in [1.165, 1.54) is 19.1 Å². The molecule has 1 aromatic rings. The fourth-order valence-corrected chi connectivity index (χ4v) is 1.67. The average molecular weight is 309 g/mol. The molecular weight excluding hydrogens is 290 g/mol. The summed E-state index contributed by atoms with van der Waals surface area (Å²) in [5.74, 6) is -2.25. The highest BCUT2D eigenvalue weighted by atomic mass is 16.4. The Morgan fingerprint density at radius 3 is 2.27 bits per heavy atom. The van der Waals surface area contributed by atoms with Crippen LogP contribution in [0.3, 0.4) is 0 Å². The molecule has 2 atom stereocenters. The zero-order valence-electron chi connectivity index (χ0n) is 12.1. The quantitative estimate of drug-likeness (QED) is 0.436. The Labute approximate surface area is 127 Å². The third-order valence-corrected chi connectivity index (χ3v) is 2.84. The Morgan fingerprint density at radius 1 is 1.18 bits per heavy atom. The van der Waals surface area contributed by atoms with Gasteiger partial charge in [-0.1, -0.05) is 12.1 Å². The summed E-state index contributed by atoms with van der Waals surface area (Å²) in [6.07, 6.45) is 0.143. The van der Waals surface area contributed by atoms with Crippen LogP contribution in [0, 0.1) is 0 Å². The molecule has 1 aromatic carbocycles. The van der Waals surface area contributed by atoms with Gasteiger partial charge in [-0.25, -0.2) is 0 Å². The van der Waals surface area contributed by atoms with Gasteiger partial charge >= 0.3 is 5.97 Å². The van der Waals surface area contributed by atoms with Gasteiger partial charge in [-0.2, -0.15) is 0 Å². The molecule has 0 aliphatic heterocycles. The lowest BCUT2D eigenvalue weighted by Crippen LogP contribution is -2.52. The molecule has 0 radical (unpaired) electrons. The van der Waals surface area contributed by atoms with Gasteiger partial charge in [0.1, 0.15) is 18.3 Å². The minimum atomic E-state index is -1.18. The highest BCUT2D eigenvalue weighted by molar-refractivity contribution is 5.91. The summed E-state index contributed by atoms with van der Waals surface area (Å²) in [5.41, 5.74) is 6.14. The number of hydrogen-bond donors (Lipinski definition) is 5. The van der Waals surface area contributed by atoms with Crippen LogP contribution in [0.5, 0.6) is 5.75 Å². The summed E-state index contributed by atoms with van der Waals surface area (Å²) in [7, 11) is 0. The van der Waals surface area contributed by atoms with Crippen molar-refractivity contribution in [1.82, 2.24) is 10.6 Å². The lowest BCUT2D eigenvalue weighted by molar-refractivity contribution is -0.138. The summed E-state index contributed by atoms with van der Waals surface area (Å²) in [6.45, 7) is 0.932. The molecule has 1 rings (SSSR count). The molecule has 8 heteroatoms. The van der Waals surface area contributed by atoms with E-state index in [0.29, 0.717) is 5.56 Å². The molecule has 0 saturated heterocycles. The summed E-state index contributed by atoms with van der Waals surface area (Å²) in [4.78, 5) is 34.2. The van der Waals surface area contributed by atoms with Gasteiger partial charge in [0, 0.05) is 6.42 Å². The molecular formula is C14H19N3O5. The number of carbonyl (C=O) groups is 3. The number of nitrogens with one attached hydrogen (secondary N) is 2. The number of phenols is 1. The zero-order valence-corrected chi connectivity index (χ0v) is 12.1. The van der Waals surface area contributed by atoms with Crippen molar-refractivity contribution in [2.75, 3.05) is 6.54 Å². The van der Waals surface area contributed by atoms with Crippen LogP contribution in [0.2, 0.25) is 0 Å². The van der Waals surface area contributed by atoms with E-state index >= 15 is 0 Å². The average Bonchev–Trinajstić information content (AvgIpc) is 2.46. The minimum absolute atomic E-state index is 0.0789. The third-order valence-electron chi connectivity index (χ3n) is 2.84. The molecule has 0 aromatic heterocycles. The molecule has 0 saturated carbocycles. The van der Waals surface area contributed by atoms with Crippen LogP contribution in [0.1, 0.15) is 12.5 Å². The molecule has 22 heavy (non-hydrogen) atoms. The maximum atomic E-state index is 12.0. The standard InChI is InChI=1S/C14H19N3O5/c1-8(15)13(21)17-11(14(22)16-7-12(19)20)6-9-2-4-10(18)5-3-9/h2-5,8,11,18H,6-7,15H2,1H3,(H,16,22)(H,17,21)(H,19,20)/t8-,11-/m1/s1. The van der Waals surface area contributed by atoms with E-state index in [4.69, 9.17) is 10.8 Å². The van der Waals surface area contributed by atoms with Crippen molar-refractivity contribution < 1.29 is 24.6 Å². The first-order valence-electron chi connectivity index (χ1n) is 6.63. The van der Waals surface area contributed by atoms with E-state index in [1.54, 1.807) is 12.1 Å². The Morgan fingerprint density at radius 2 is 1.77 bits per heavy atom. The Bertz CT molecular complexity index is 542. The summed E-state index contributed by atoms with van der Waals surface area (Å²) in [6, 6.07) is 4.36. The first-order valence-corrected chi connectivity index (χ1v) is 6.63. The second-order valence-electron chi connectivity index (χ2n) is 4.83. The van der Waals surface area contributed by atoms with Crippen molar-refractivity contribution in [2.24, 2.45) is 5.73 Å². The number of benzene rings is 1. The molecule has 0 spiro atoms. The summed E-state index contributed by atoms with van der Waals surface area (Å²) < 4.78 is 0. The van der Waals surface area contributed by atoms with Gasteiger partial charge in [-0.15, -0.1) is 0 Å². The fourth-order valence-electron chi connectivity index (χ4n) is 1.67. The number of hydrogen-bond acceptors (Lipinski definition) is 5. The molecule has 0 aliphatic carbocycles. The van der Waals surface area contributed by atoms with Gasteiger partial charge in [0.05, 0.1) is 6.04 Å². The number of amides is 2. The molecule has 2 amide bonds. The lowest BCUT2D eigenvalue weighted by atomic mass is 10.0. The van der Waals surface area contributed by atoms with E-state index in [-0.39, 0.29) is 12.2 Å². The molecule has 0 aliphatic rings. The fraction of sp³-hybridized carbons (Fsp3) is 0.357. The topological polar surface area (TPSA) is 142 Å². The van der Waals surface area contributed by atoms with Gasteiger partial charge in [0.2, 0.25) is 11.8 Å². The van der Waals surface area contributed by atoms with Crippen molar-refractivity contribution in [1.29, 1.82) is 0 Å². The number of nitrogens with two attached hydrogens (primary N) is 1. The summed E-state index contributed by atoms with van der Waals surface area (Å²) >= 11 is 0. The van der Waals surface area contributed by atoms with Crippen LogP contribution in [-0.4, -0.2) is 46.6 Å². The van der Waals surface area contributed by atoms with E-state index in [2.05, 4.69) is 10.6 Å². The van der Waals surface area contributed by atoms with Crippen molar-refractivity contribution >= 4 is 17.8 Å². The zero-order chi connectivity index (χ0) is 16.7. The first kappa shape index (κ1) is 17.4. The molecule has 0 fully saturated rings. The van der Waals surface area contributed by atoms with Crippen molar-refractivity contribution in [3.05, 3.63) is 29.8 Å². The second kappa shape index (κ2) is 7.99. The number of carboxylic acid groups (broad SMARTS) is 1. The number of aromatic hydroxyl groups is 1. The monoisotopic (exact) mass is 309 g/mol. The maximum absolute atomic E-state index is 12.0. The molecule has 120 valence electrons. The maximum Gasteiger partial charge on any atom is 0.322 e. The van der Waals surface area contributed by atoms with Crippen LogP contribution in [0.25, 0.3) is 0 Å². The first-order chi connectivity index (χ1) is 10.3. The smallest absolute Gasteiger partial charge is 0.322 e. The molecule has 6 N–H and O–H groups in total. The lowest BCUT2D eigenvalue weighted by Gasteiger charge is -2.19. The highest BCUT2D eigenvalue weighted by Crippen LogP contribution is 2.11. The number of carboxylic acids is 1. The van der Waals surface area contributed by atoms with Gasteiger partial charge in [-0.3, -0.25) is 14.4 Å². The second-order valence-corrected chi connectivity index (χ2v) is 4.83. The normalized spacial score (nSPS) is 13.0. The van der Waals surface area contributed by atoms with Gasteiger partial charge in [-0.05, 0) is 24.6 Å². The van der Waals surface area contributed by atoms with E-state index in [0.717, 1.165) is 0 Å². The van der Waals surface area contributed by atoms with Crippen molar-refractivity contribution in [3.8, 4) is 5.75 Å². The van der Waals surface area contributed by atoms with Crippen LogP contribution >= 0.6 is 0 Å². The van der Waals surface area contributed by atoms with E-state index in [9.17, 15) is 19.5 Å². The molecule has 0 heterocycles. The Hall–Kier alpha value is -2.61. The van der Waals surface area contributed by atoms with E-state index in [1.807, 2.05) is 0 Å². The number of phenolic OH excluding ortho intramolecular Hbond substituents is 1. The predicted molar refractivity (Wildman–Crippen MR) is 78.0 cm³/mol. The predicted octanol–water partition coefficient (Wildman–Crippen LogP) is -1.03. The number of rotatable bonds is 7. The van der Waals surface area contributed by atoms with Crippen LogP contribution in [0.4, 0.5) is 0 Å². The third kappa shape index (κ3) is 5.80. The number of carbonyl (C=O) groups excluding carboxylic acids is 2. The molecule has 0 bridgehead atoms. The number of aliphatic carboxylic acids is 1. The molecule has 0 unspecified atom stereocenters. The largest absolute Gasteiger partial charge is 0.508 e. The Balaban J connectivity index is 2.80. The molecule has 8 nitrogen and oxygen atoms in total. The van der Waals surface area contributed by atoms with E-state index < -0.39 is 36.4 Å². The van der Waals surface area contributed by atoms with Crippen LogP contribution < -0.4 is 16.4 Å². The highest BCUT2D eigenvalue weighted by Gasteiger charge is 2.23. The van der Waals surface area contributed by atoms with Crippen LogP contribution in [0.15, 0.2) is 24.3 Å². The van der Waals surface area contributed by atoms with Gasteiger partial charge < -0.3 is 26.6 Å². The Kier molecular flexibility index (Phi) is 6.33. The van der Waals surface area contributed by atoms with Gasteiger partial charge in [0.15, 0.2) is 0 Å².